The minimum absolute atomic E-state index is 0.0381. The van der Waals surface area contributed by atoms with Gasteiger partial charge >= 0.3 is 0 Å². The molecule has 2 heterocycles. The van der Waals surface area contributed by atoms with Gasteiger partial charge in [-0.05, 0) is 35.6 Å². The molecule has 0 unspecified atom stereocenters. The monoisotopic (exact) mass is 387 g/mol. The lowest BCUT2D eigenvalue weighted by molar-refractivity contribution is -0.116. The van der Waals surface area contributed by atoms with Gasteiger partial charge < -0.3 is 15.4 Å². The van der Waals surface area contributed by atoms with Crippen LogP contribution in [0.1, 0.15) is 28.1 Å². The van der Waals surface area contributed by atoms with Gasteiger partial charge in [0.2, 0.25) is 5.91 Å². The van der Waals surface area contributed by atoms with Crippen LogP contribution in [0.2, 0.25) is 0 Å². The quantitative estimate of drug-likeness (QED) is 0.684. The summed E-state index contributed by atoms with van der Waals surface area (Å²) in [7, 11) is 0. The van der Waals surface area contributed by atoms with Gasteiger partial charge in [0, 0.05) is 38.3 Å². The molecule has 0 spiro atoms. The molecule has 1 saturated heterocycles. The zero-order chi connectivity index (χ0) is 18.9. The number of hydrogen-bond acceptors (Lipinski definition) is 5. The van der Waals surface area contributed by atoms with Crippen molar-refractivity contribution in [3.8, 4) is 0 Å². The number of carbonyl (C=O) groups is 2. The molecule has 0 saturated carbocycles. The average Bonchev–Trinajstić information content (AvgIpc) is 3.21. The van der Waals surface area contributed by atoms with Crippen molar-refractivity contribution in [2.75, 3.05) is 38.2 Å². The van der Waals surface area contributed by atoms with Crippen molar-refractivity contribution in [1.82, 2.24) is 10.2 Å². The largest absolute Gasteiger partial charge is 0.379 e. The minimum atomic E-state index is -0.0822. The van der Waals surface area contributed by atoms with E-state index in [1.54, 1.807) is 6.07 Å². The summed E-state index contributed by atoms with van der Waals surface area (Å²) in [5.41, 5.74) is 1.99. The minimum Gasteiger partial charge on any atom is -0.379 e. The molecule has 1 aromatic heterocycles. The van der Waals surface area contributed by atoms with Crippen molar-refractivity contribution >= 4 is 28.8 Å². The number of thiophene rings is 1. The van der Waals surface area contributed by atoms with Crippen LogP contribution in [-0.2, 0) is 16.1 Å². The SMILES string of the molecule is O=C(CCCNC(=O)c1cccs1)Nc1cccc(CN2CCOCC2)c1. The molecule has 2 N–H and O–H groups in total. The summed E-state index contributed by atoms with van der Waals surface area (Å²) >= 11 is 1.41. The standard InChI is InChI=1S/C20H25N3O3S/c24-19(7-2-8-21-20(25)18-6-3-13-27-18)22-17-5-1-4-16(14-17)15-23-9-11-26-12-10-23/h1,3-6,13-14H,2,7-12,15H2,(H,21,25)(H,22,24). The number of anilines is 1. The lowest BCUT2D eigenvalue weighted by atomic mass is 10.1. The van der Waals surface area contributed by atoms with E-state index < -0.39 is 0 Å². The Labute approximate surface area is 163 Å². The summed E-state index contributed by atoms with van der Waals surface area (Å²) in [5, 5.41) is 7.65. The van der Waals surface area contributed by atoms with Gasteiger partial charge in [0.25, 0.3) is 5.91 Å². The lowest BCUT2D eigenvalue weighted by Crippen LogP contribution is -2.35. The molecule has 144 valence electrons. The van der Waals surface area contributed by atoms with E-state index in [1.165, 1.54) is 16.9 Å². The number of ether oxygens (including phenoxy) is 1. The molecular weight excluding hydrogens is 362 g/mol. The van der Waals surface area contributed by atoms with E-state index in [1.807, 2.05) is 29.6 Å². The van der Waals surface area contributed by atoms with E-state index in [0.717, 1.165) is 38.5 Å². The van der Waals surface area contributed by atoms with Crippen molar-refractivity contribution in [2.45, 2.75) is 19.4 Å². The van der Waals surface area contributed by atoms with E-state index in [9.17, 15) is 9.59 Å². The molecule has 2 aromatic rings. The topological polar surface area (TPSA) is 70.7 Å². The first-order chi connectivity index (χ1) is 13.2. The van der Waals surface area contributed by atoms with Crippen molar-refractivity contribution in [2.24, 2.45) is 0 Å². The third kappa shape index (κ3) is 6.46. The second-order valence-electron chi connectivity index (χ2n) is 6.47. The Morgan fingerprint density at radius 1 is 1.15 bits per heavy atom. The summed E-state index contributed by atoms with van der Waals surface area (Å²) in [5.74, 6) is -0.120. The summed E-state index contributed by atoms with van der Waals surface area (Å²) in [6, 6.07) is 11.6. The van der Waals surface area contributed by atoms with Crippen LogP contribution in [0.25, 0.3) is 0 Å². The van der Waals surface area contributed by atoms with Gasteiger partial charge in [-0.2, -0.15) is 0 Å². The molecule has 27 heavy (non-hydrogen) atoms. The number of morpholine rings is 1. The molecule has 7 heteroatoms. The van der Waals surface area contributed by atoms with Crippen molar-refractivity contribution < 1.29 is 14.3 Å². The number of benzene rings is 1. The average molecular weight is 388 g/mol. The number of nitrogens with zero attached hydrogens (tertiary/aromatic N) is 1. The maximum Gasteiger partial charge on any atom is 0.261 e. The van der Waals surface area contributed by atoms with E-state index in [-0.39, 0.29) is 11.8 Å². The fourth-order valence-corrected chi connectivity index (χ4v) is 3.57. The molecule has 6 nitrogen and oxygen atoms in total. The highest BCUT2D eigenvalue weighted by atomic mass is 32.1. The van der Waals surface area contributed by atoms with E-state index in [0.29, 0.717) is 24.3 Å². The zero-order valence-corrected chi connectivity index (χ0v) is 16.1. The highest BCUT2D eigenvalue weighted by Crippen LogP contribution is 2.14. The Kier molecular flexibility index (Phi) is 7.38. The van der Waals surface area contributed by atoms with Crippen LogP contribution in [0.4, 0.5) is 5.69 Å². The zero-order valence-electron chi connectivity index (χ0n) is 15.3. The molecule has 1 fully saturated rings. The molecule has 2 amide bonds. The first-order valence-electron chi connectivity index (χ1n) is 9.21. The van der Waals surface area contributed by atoms with Crippen LogP contribution >= 0.6 is 11.3 Å². The molecule has 3 rings (SSSR count). The number of carbonyl (C=O) groups excluding carboxylic acids is 2. The Morgan fingerprint density at radius 3 is 2.78 bits per heavy atom. The van der Waals surface area contributed by atoms with Crippen molar-refractivity contribution in [1.29, 1.82) is 0 Å². The van der Waals surface area contributed by atoms with Gasteiger partial charge in [-0.15, -0.1) is 11.3 Å². The Bertz CT molecular complexity index is 743. The van der Waals surface area contributed by atoms with Gasteiger partial charge in [0.15, 0.2) is 0 Å². The third-order valence-corrected chi connectivity index (χ3v) is 5.20. The first-order valence-corrected chi connectivity index (χ1v) is 10.1. The maximum atomic E-state index is 12.1. The number of amides is 2. The van der Waals surface area contributed by atoms with Crippen LogP contribution < -0.4 is 10.6 Å². The van der Waals surface area contributed by atoms with Crippen LogP contribution in [0, 0.1) is 0 Å². The highest BCUT2D eigenvalue weighted by Gasteiger charge is 2.11. The third-order valence-electron chi connectivity index (χ3n) is 4.33. The number of rotatable bonds is 8. The molecule has 0 atom stereocenters. The predicted molar refractivity (Wildman–Crippen MR) is 107 cm³/mol. The Morgan fingerprint density at radius 2 is 2.00 bits per heavy atom. The fraction of sp³-hybridized carbons (Fsp3) is 0.400. The summed E-state index contributed by atoms with van der Waals surface area (Å²) in [6.07, 6.45) is 0.981. The molecule has 1 aliphatic heterocycles. The molecular formula is C20H25N3O3S. The number of nitrogens with one attached hydrogen (secondary N) is 2. The Balaban J connectivity index is 1.38. The fourth-order valence-electron chi connectivity index (χ4n) is 2.93. The van der Waals surface area contributed by atoms with Gasteiger partial charge in [0.05, 0.1) is 18.1 Å². The van der Waals surface area contributed by atoms with Gasteiger partial charge in [-0.25, -0.2) is 0 Å². The Hall–Kier alpha value is -2.22. The molecule has 0 bridgehead atoms. The second kappa shape index (κ2) is 10.2. The number of hydrogen-bond donors (Lipinski definition) is 2. The molecule has 1 aliphatic rings. The van der Waals surface area contributed by atoms with Crippen LogP contribution in [0.15, 0.2) is 41.8 Å². The smallest absolute Gasteiger partial charge is 0.261 e. The van der Waals surface area contributed by atoms with Gasteiger partial charge in [-0.3, -0.25) is 14.5 Å². The first kappa shape index (κ1) is 19.5. The van der Waals surface area contributed by atoms with Gasteiger partial charge in [-0.1, -0.05) is 18.2 Å². The van der Waals surface area contributed by atoms with Crippen LogP contribution in [0.3, 0.4) is 0 Å². The summed E-state index contributed by atoms with van der Waals surface area (Å²) in [6.45, 7) is 4.78. The van der Waals surface area contributed by atoms with E-state index in [2.05, 4.69) is 21.6 Å². The van der Waals surface area contributed by atoms with Crippen molar-refractivity contribution in [3.63, 3.8) is 0 Å². The lowest BCUT2D eigenvalue weighted by Gasteiger charge is -2.26. The predicted octanol–water partition coefficient (Wildman–Crippen LogP) is 2.73. The van der Waals surface area contributed by atoms with E-state index in [4.69, 9.17) is 4.74 Å². The maximum absolute atomic E-state index is 12.1. The molecule has 0 radical (unpaired) electrons. The van der Waals surface area contributed by atoms with Crippen LogP contribution in [-0.4, -0.2) is 49.6 Å². The van der Waals surface area contributed by atoms with E-state index >= 15 is 0 Å². The summed E-state index contributed by atoms with van der Waals surface area (Å²) in [4.78, 5) is 27.0. The normalized spacial score (nSPS) is 14.7. The molecule has 1 aromatic carbocycles. The second-order valence-corrected chi connectivity index (χ2v) is 7.42. The van der Waals surface area contributed by atoms with Crippen molar-refractivity contribution in [3.05, 3.63) is 52.2 Å². The molecule has 0 aliphatic carbocycles. The summed E-state index contributed by atoms with van der Waals surface area (Å²) < 4.78 is 5.37. The van der Waals surface area contributed by atoms with Crippen LogP contribution in [0.5, 0.6) is 0 Å². The highest BCUT2D eigenvalue weighted by molar-refractivity contribution is 7.12. The van der Waals surface area contributed by atoms with Gasteiger partial charge in [0.1, 0.15) is 0 Å².